The highest BCUT2D eigenvalue weighted by Gasteiger charge is 2.04. The van der Waals surface area contributed by atoms with E-state index in [0.717, 1.165) is 10.2 Å². The number of rotatable bonds is 3. The van der Waals surface area contributed by atoms with Crippen LogP contribution in [-0.2, 0) is 0 Å². The summed E-state index contributed by atoms with van der Waals surface area (Å²) in [4.78, 5) is 0. The summed E-state index contributed by atoms with van der Waals surface area (Å²) in [6.45, 7) is 4.30. The number of hydrogen-bond acceptors (Lipinski definition) is 2. The van der Waals surface area contributed by atoms with Gasteiger partial charge in [-0.2, -0.15) is 5.26 Å². The van der Waals surface area contributed by atoms with E-state index >= 15 is 0 Å². The quantitative estimate of drug-likeness (QED) is 0.776. The fourth-order valence-corrected chi connectivity index (χ4v) is 2.17. The molecule has 0 spiro atoms. The Morgan fingerprint density at radius 3 is 2.47 bits per heavy atom. The van der Waals surface area contributed by atoms with E-state index in [-0.39, 0.29) is 0 Å². The van der Waals surface area contributed by atoms with Crippen LogP contribution in [0.15, 0.2) is 46.9 Å². The highest BCUT2D eigenvalue weighted by atomic mass is 79.9. The normalized spacial score (nSPS) is 10.3. The molecule has 0 heterocycles. The van der Waals surface area contributed by atoms with Crippen molar-refractivity contribution >= 4 is 15.9 Å². The van der Waals surface area contributed by atoms with Gasteiger partial charge in [-0.1, -0.05) is 26.0 Å². The summed E-state index contributed by atoms with van der Waals surface area (Å²) in [5.41, 5.74) is 1.84. The summed E-state index contributed by atoms with van der Waals surface area (Å²) >= 11 is 3.36. The Hall–Kier alpha value is -1.79. The van der Waals surface area contributed by atoms with Crippen LogP contribution in [0.2, 0.25) is 0 Å². The third kappa shape index (κ3) is 3.36. The molecule has 2 aromatic carbocycles. The molecule has 0 atom stereocenters. The molecule has 0 aromatic heterocycles. The molecule has 0 saturated carbocycles. The summed E-state index contributed by atoms with van der Waals surface area (Å²) in [5.74, 6) is 1.99. The van der Waals surface area contributed by atoms with Gasteiger partial charge in [0.25, 0.3) is 0 Å². The molecular formula is C16H14BrNO. The van der Waals surface area contributed by atoms with Crippen molar-refractivity contribution in [2.75, 3.05) is 0 Å². The summed E-state index contributed by atoms with van der Waals surface area (Å²) in [5, 5.41) is 8.88. The Morgan fingerprint density at radius 2 is 1.84 bits per heavy atom. The Kier molecular flexibility index (Phi) is 4.24. The van der Waals surface area contributed by atoms with Crippen LogP contribution in [0.1, 0.15) is 30.9 Å². The highest BCUT2D eigenvalue weighted by molar-refractivity contribution is 9.10. The lowest BCUT2D eigenvalue weighted by molar-refractivity contribution is 0.481. The Labute approximate surface area is 121 Å². The molecule has 96 valence electrons. The van der Waals surface area contributed by atoms with E-state index in [4.69, 9.17) is 10.00 Å². The van der Waals surface area contributed by atoms with Gasteiger partial charge in [0.15, 0.2) is 0 Å². The second-order valence-electron chi connectivity index (χ2n) is 4.58. The van der Waals surface area contributed by atoms with Crippen LogP contribution in [0.4, 0.5) is 0 Å². The number of nitrogens with zero attached hydrogens (tertiary/aromatic N) is 1. The highest BCUT2D eigenvalue weighted by Crippen LogP contribution is 2.28. The van der Waals surface area contributed by atoms with Crippen molar-refractivity contribution < 1.29 is 4.74 Å². The van der Waals surface area contributed by atoms with Gasteiger partial charge in [-0.3, -0.25) is 0 Å². The predicted molar refractivity (Wildman–Crippen MR) is 79.5 cm³/mol. The van der Waals surface area contributed by atoms with Crippen molar-refractivity contribution in [1.82, 2.24) is 0 Å². The second kappa shape index (κ2) is 5.90. The van der Waals surface area contributed by atoms with E-state index < -0.39 is 0 Å². The van der Waals surface area contributed by atoms with Gasteiger partial charge >= 0.3 is 0 Å². The number of benzene rings is 2. The van der Waals surface area contributed by atoms with E-state index in [9.17, 15) is 0 Å². The van der Waals surface area contributed by atoms with Gasteiger partial charge in [-0.25, -0.2) is 0 Å². The largest absolute Gasteiger partial charge is 0.457 e. The monoisotopic (exact) mass is 315 g/mol. The minimum Gasteiger partial charge on any atom is -0.457 e. The summed E-state index contributed by atoms with van der Waals surface area (Å²) in [6.07, 6.45) is 0. The molecular weight excluding hydrogens is 302 g/mol. The topological polar surface area (TPSA) is 33.0 Å². The zero-order valence-electron chi connectivity index (χ0n) is 10.9. The van der Waals surface area contributed by atoms with Crippen LogP contribution in [0.25, 0.3) is 0 Å². The molecule has 0 saturated heterocycles. The van der Waals surface area contributed by atoms with E-state index in [2.05, 4.69) is 41.9 Å². The zero-order valence-corrected chi connectivity index (χ0v) is 12.4. The van der Waals surface area contributed by atoms with Crippen molar-refractivity contribution in [2.24, 2.45) is 0 Å². The molecule has 0 aliphatic rings. The molecule has 0 bridgehead atoms. The van der Waals surface area contributed by atoms with Crippen molar-refractivity contribution in [3.63, 3.8) is 0 Å². The fraction of sp³-hybridized carbons (Fsp3) is 0.188. The van der Waals surface area contributed by atoms with Crippen molar-refractivity contribution in [3.8, 4) is 17.6 Å². The third-order valence-electron chi connectivity index (χ3n) is 2.82. The van der Waals surface area contributed by atoms with Gasteiger partial charge in [0.2, 0.25) is 0 Å². The average Bonchev–Trinajstić information content (AvgIpc) is 2.39. The lowest BCUT2D eigenvalue weighted by atomic mass is 10.0. The molecule has 0 amide bonds. The molecule has 2 nitrogen and oxygen atoms in total. The van der Waals surface area contributed by atoms with Gasteiger partial charge in [-0.05, 0) is 57.7 Å². The summed E-state index contributed by atoms with van der Waals surface area (Å²) in [7, 11) is 0. The first-order valence-electron chi connectivity index (χ1n) is 6.07. The predicted octanol–water partition coefficient (Wildman–Crippen LogP) is 5.24. The zero-order chi connectivity index (χ0) is 13.8. The van der Waals surface area contributed by atoms with E-state index in [0.29, 0.717) is 17.2 Å². The maximum absolute atomic E-state index is 8.88. The second-order valence-corrected chi connectivity index (χ2v) is 5.44. The van der Waals surface area contributed by atoms with Crippen molar-refractivity contribution in [2.45, 2.75) is 19.8 Å². The minimum absolute atomic E-state index is 0.469. The molecule has 0 aliphatic heterocycles. The lowest BCUT2D eigenvalue weighted by Gasteiger charge is -2.10. The van der Waals surface area contributed by atoms with Crippen LogP contribution in [0, 0.1) is 11.3 Å². The minimum atomic E-state index is 0.469. The Balaban J connectivity index is 2.24. The Bertz CT molecular complexity index is 629. The van der Waals surface area contributed by atoms with Gasteiger partial charge in [0.1, 0.15) is 17.6 Å². The Morgan fingerprint density at radius 1 is 1.11 bits per heavy atom. The van der Waals surface area contributed by atoms with Crippen LogP contribution >= 0.6 is 15.9 Å². The average molecular weight is 316 g/mol. The maximum atomic E-state index is 8.88. The molecule has 0 N–H and O–H groups in total. The molecule has 0 radical (unpaired) electrons. The van der Waals surface area contributed by atoms with E-state index in [1.54, 1.807) is 18.2 Å². The van der Waals surface area contributed by atoms with Gasteiger partial charge in [0, 0.05) is 4.47 Å². The number of halogens is 1. The first kappa shape index (κ1) is 13.6. The first-order valence-corrected chi connectivity index (χ1v) is 6.87. The van der Waals surface area contributed by atoms with Gasteiger partial charge in [0.05, 0.1) is 5.56 Å². The fourth-order valence-electron chi connectivity index (χ4n) is 1.72. The van der Waals surface area contributed by atoms with Crippen LogP contribution < -0.4 is 4.74 Å². The van der Waals surface area contributed by atoms with E-state index in [1.165, 1.54) is 5.56 Å². The van der Waals surface area contributed by atoms with Crippen LogP contribution in [0.5, 0.6) is 11.5 Å². The lowest BCUT2D eigenvalue weighted by Crippen LogP contribution is -1.90. The number of nitriles is 1. The SMILES string of the molecule is CC(C)c1cccc(Oc2ccc(C#N)c(Br)c2)c1. The van der Waals surface area contributed by atoms with Crippen LogP contribution in [0.3, 0.4) is 0 Å². The third-order valence-corrected chi connectivity index (χ3v) is 3.48. The molecule has 0 unspecified atom stereocenters. The molecule has 2 aromatic rings. The standard InChI is InChI=1S/C16H14BrNO/c1-11(2)12-4-3-5-14(8-12)19-15-7-6-13(10-18)16(17)9-15/h3-9,11H,1-2H3. The smallest absolute Gasteiger partial charge is 0.128 e. The van der Waals surface area contributed by atoms with E-state index in [1.807, 2.05) is 18.2 Å². The number of ether oxygens (including phenoxy) is 1. The molecule has 3 heteroatoms. The maximum Gasteiger partial charge on any atom is 0.128 e. The molecule has 0 fully saturated rings. The first-order chi connectivity index (χ1) is 9.10. The van der Waals surface area contributed by atoms with Crippen molar-refractivity contribution in [1.29, 1.82) is 5.26 Å². The van der Waals surface area contributed by atoms with Gasteiger partial charge in [-0.15, -0.1) is 0 Å². The van der Waals surface area contributed by atoms with Crippen molar-refractivity contribution in [3.05, 3.63) is 58.1 Å². The number of hydrogen-bond donors (Lipinski definition) is 0. The van der Waals surface area contributed by atoms with Gasteiger partial charge < -0.3 is 4.74 Å². The molecule has 2 rings (SSSR count). The van der Waals surface area contributed by atoms with Crippen LogP contribution in [-0.4, -0.2) is 0 Å². The molecule has 19 heavy (non-hydrogen) atoms. The summed E-state index contributed by atoms with van der Waals surface area (Å²) in [6, 6.07) is 15.5. The summed E-state index contributed by atoms with van der Waals surface area (Å²) < 4.78 is 6.55. The molecule has 0 aliphatic carbocycles.